The van der Waals surface area contributed by atoms with Crippen LogP contribution in [0.2, 0.25) is 0 Å². The molecule has 0 aromatic carbocycles. The highest BCUT2D eigenvalue weighted by Crippen LogP contribution is 2.17. The third-order valence-corrected chi connectivity index (χ3v) is 5.06. The molecule has 1 aromatic rings. The summed E-state index contributed by atoms with van der Waals surface area (Å²) in [6.45, 7) is 11.8. The Hall–Kier alpha value is -0.980. The van der Waals surface area contributed by atoms with Crippen molar-refractivity contribution >= 4 is 17.2 Å². The molecule has 1 atom stereocenters. The number of hydrogen-bond donors (Lipinski definition) is 1. The van der Waals surface area contributed by atoms with Gasteiger partial charge in [-0.1, -0.05) is 13.8 Å². The van der Waals surface area contributed by atoms with E-state index in [9.17, 15) is 4.79 Å². The van der Waals surface area contributed by atoms with Crippen molar-refractivity contribution in [2.45, 2.75) is 58.6 Å². The Bertz CT molecular complexity index is 502. The lowest BCUT2D eigenvalue weighted by Gasteiger charge is -2.35. The van der Waals surface area contributed by atoms with Crippen molar-refractivity contribution in [3.05, 3.63) is 16.1 Å². The van der Waals surface area contributed by atoms with Gasteiger partial charge in [-0.25, -0.2) is 4.98 Å². The largest absolute Gasteiger partial charge is 0.375 e. The number of morpholine rings is 1. The van der Waals surface area contributed by atoms with E-state index in [1.807, 2.05) is 0 Å². The molecule has 2 heterocycles. The van der Waals surface area contributed by atoms with E-state index in [0.717, 1.165) is 30.2 Å². The van der Waals surface area contributed by atoms with Gasteiger partial charge in [0.1, 0.15) is 0 Å². The molecule has 0 saturated carbocycles. The van der Waals surface area contributed by atoms with E-state index in [0.29, 0.717) is 31.5 Å². The molecule has 1 aliphatic heterocycles. The Morgan fingerprint density at radius 3 is 2.91 bits per heavy atom. The topological polar surface area (TPSA) is 54.5 Å². The molecule has 1 aliphatic rings. The van der Waals surface area contributed by atoms with E-state index in [4.69, 9.17) is 4.74 Å². The van der Waals surface area contributed by atoms with Crippen molar-refractivity contribution in [1.29, 1.82) is 0 Å². The van der Waals surface area contributed by atoms with Crippen LogP contribution in [0.1, 0.15) is 50.7 Å². The van der Waals surface area contributed by atoms with Gasteiger partial charge in [-0.05, 0) is 19.8 Å². The maximum absolute atomic E-state index is 12.1. The number of rotatable bonds is 7. The zero-order valence-corrected chi connectivity index (χ0v) is 15.5. The summed E-state index contributed by atoms with van der Waals surface area (Å²) >= 11 is 1.67. The van der Waals surface area contributed by atoms with Crippen molar-refractivity contribution in [2.24, 2.45) is 0 Å². The van der Waals surface area contributed by atoms with E-state index in [2.05, 4.69) is 48.3 Å². The van der Waals surface area contributed by atoms with Gasteiger partial charge in [0, 0.05) is 37.5 Å². The van der Waals surface area contributed by atoms with Crippen LogP contribution >= 0.6 is 11.3 Å². The van der Waals surface area contributed by atoms with Gasteiger partial charge in [0.25, 0.3) is 0 Å². The zero-order valence-electron chi connectivity index (χ0n) is 14.7. The lowest BCUT2D eigenvalue weighted by atomic mass is 10.1. The first-order chi connectivity index (χ1) is 11.0. The summed E-state index contributed by atoms with van der Waals surface area (Å²) in [4.78, 5) is 19.0. The normalized spacial score (nSPS) is 19.5. The SMILES string of the molecule is CC(C)c1csc(CCNC(=O)C[C@@H]2CN(C(C)C)CCO2)n1. The standard InChI is InChI=1S/C17H29N3O2S/c1-12(2)15-11-23-17(19-15)5-6-18-16(21)9-14-10-20(13(3)4)7-8-22-14/h11-14H,5-10H2,1-4H3,(H,18,21)/t14-/m1/s1. The molecular formula is C17H29N3O2S. The summed E-state index contributed by atoms with van der Waals surface area (Å²) < 4.78 is 5.71. The molecule has 1 fully saturated rings. The van der Waals surface area contributed by atoms with Crippen LogP contribution in [-0.4, -0.2) is 54.2 Å². The molecule has 130 valence electrons. The molecule has 0 radical (unpaired) electrons. The number of nitrogens with one attached hydrogen (secondary N) is 1. The van der Waals surface area contributed by atoms with Gasteiger partial charge in [0.05, 0.1) is 29.8 Å². The molecule has 2 rings (SSSR count). The number of carbonyl (C=O) groups excluding carboxylic acids is 1. The van der Waals surface area contributed by atoms with Gasteiger partial charge in [-0.2, -0.15) is 0 Å². The second-order valence-corrected chi connectivity index (χ2v) is 7.65. The number of thiazole rings is 1. The summed E-state index contributed by atoms with van der Waals surface area (Å²) in [5.41, 5.74) is 1.14. The van der Waals surface area contributed by atoms with E-state index >= 15 is 0 Å². The summed E-state index contributed by atoms with van der Waals surface area (Å²) in [7, 11) is 0. The molecular weight excluding hydrogens is 310 g/mol. The molecule has 1 saturated heterocycles. The third-order valence-electron chi connectivity index (χ3n) is 4.14. The predicted molar refractivity (Wildman–Crippen MR) is 94.0 cm³/mol. The van der Waals surface area contributed by atoms with Gasteiger partial charge in [0.15, 0.2) is 0 Å². The van der Waals surface area contributed by atoms with E-state index in [1.165, 1.54) is 0 Å². The number of aromatic nitrogens is 1. The summed E-state index contributed by atoms with van der Waals surface area (Å²) in [5.74, 6) is 0.531. The van der Waals surface area contributed by atoms with Gasteiger partial charge in [0.2, 0.25) is 5.91 Å². The molecule has 0 aliphatic carbocycles. The van der Waals surface area contributed by atoms with Crippen LogP contribution in [0.15, 0.2) is 5.38 Å². The number of amides is 1. The summed E-state index contributed by atoms with van der Waals surface area (Å²) in [6, 6.07) is 0.504. The maximum Gasteiger partial charge on any atom is 0.222 e. The lowest BCUT2D eigenvalue weighted by Crippen LogP contribution is -2.47. The molecule has 0 spiro atoms. The van der Waals surface area contributed by atoms with Crippen LogP contribution in [0.25, 0.3) is 0 Å². The van der Waals surface area contributed by atoms with Crippen LogP contribution in [0.4, 0.5) is 0 Å². The highest BCUT2D eigenvalue weighted by molar-refractivity contribution is 7.09. The van der Waals surface area contributed by atoms with E-state index < -0.39 is 0 Å². The molecule has 5 nitrogen and oxygen atoms in total. The average Bonchev–Trinajstić information content (AvgIpc) is 2.96. The molecule has 1 aromatic heterocycles. The second kappa shape index (κ2) is 8.76. The highest BCUT2D eigenvalue weighted by atomic mass is 32.1. The Balaban J connectivity index is 1.68. The Morgan fingerprint density at radius 1 is 1.48 bits per heavy atom. The Labute approximate surface area is 143 Å². The van der Waals surface area contributed by atoms with E-state index in [1.54, 1.807) is 11.3 Å². The van der Waals surface area contributed by atoms with Gasteiger partial charge in [-0.3, -0.25) is 9.69 Å². The van der Waals surface area contributed by atoms with Crippen LogP contribution in [0.5, 0.6) is 0 Å². The van der Waals surface area contributed by atoms with Crippen molar-refractivity contribution in [3.63, 3.8) is 0 Å². The van der Waals surface area contributed by atoms with Gasteiger partial charge in [-0.15, -0.1) is 11.3 Å². The smallest absolute Gasteiger partial charge is 0.222 e. The molecule has 1 amide bonds. The minimum atomic E-state index is 0.0126. The highest BCUT2D eigenvalue weighted by Gasteiger charge is 2.24. The zero-order chi connectivity index (χ0) is 16.8. The van der Waals surface area contributed by atoms with Gasteiger partial charge < -0.3 is 10.1 Å². The minimum Gasteiger partial charge on any atom is -0.375 e. The fourth-order valence-corrected chi connectivity index (χ4v) is 3.59. The number of carbonyl (C=O) groups is 1. The lowest BCUT2D eigenvalue weighted by molar-refractivity contribution is -0.126. The first-order valence-corrected chi connectivity index (χ1v) is 9.40. The molecule has 1 N–H and O–H groups in total. The average molecular weight is 340 g/mol. The first-order valence-electron chi connectivity index (χ1n) is 8.52. The van der Waals surface area contributed by atoms with Crippen LogP contribution in [0, 0.1) is 0 Å². The monoisotopic (exact) mass is 339 g/mol. The summed E-state index contributed by atoms with van der Waals surface area (Å²) in [6.07, 6.45) is 1.25. The van der Waals surface area contributed by atoms with Gasteiger partial charge >= 0.3 is 0 Å². The van der Waals surface area contributed by atoms with Crippen molar-refractivity contribution in [1.82, 2.24) is 15.2 Å². The Morgan fingerprint density at radius 2 is 2.26 bits per heavy atom. The van der Waals surface area contributed by atoms with Crippen molar-refractivity contribution in [3.8, 4) is 0 Å². The quantitative estimate of drug-likeness (QED) is 0.829. The van der Waals surface area contributed by atoms with Crippen LogP contribution in [-0.2, 0) is 16.0 Å². The number of nitrogens with zero attached hydrogens (tertiary/aromatic N) is 2. The Kier molecular flexibility index (Phi) is 6.99. The van der Waals surface area contributed by atoms with E-state index in [-0.39, 0.29) is 12.0 Å². The fraction of sp³-hybridized carbons (Fsp3) is 0.765. The number of ether oxygens (including phenoxy) is 1. The summed E-state index contributed by atoms with van der Waals surface area (Å²) in [5, 5.41) is 6.19. The first kappa shape index (κ1) is 18.4. The molecule has 23 heavy (non-hydrogen) atoms. The number of hydrogen-bond acceptors (Lipinski definition) is 5. The molecule has 6 heteroatoms. The van der Waals surface area contributed by atoms with Crippen molar-refractivity contribution in [2.75, 3.05) is 26.2 Å². The second-order valence-electron chi connectivity index (χ2n) is 6.71. The molecule has 0 bridgehead atoms. The fourth-order valence-electron chi connectivity index (χ4n) is 2.63. The third kappa shape index (κ3) is 5.86. The van der Waals surface area contributed by atoms with Crippen molar-refractivity contribution < 1.29 is 9.53 Å². The van der Waals surface area contributed by atoms with Crippen LogP contribution in [0.3, 0.4) is 0 Å². The minimum absolute atomic E-state index is 0.0126. The maximum atomic E-state index is 12.1. The van der Waals surface area contributed by atoms with Crippen LogP contribution < -0.4 is 5.32 Å². The predicted octanol–water partition coefficient (Wildman–Crippen LogP) is 2.42. The molecule has 0 unspecified atom stereocenters.